The third kappa shape index (κ3) is 5.01. The van der Waals surface area contributed by atoms with Gasteiger partial charge in [0.15, 0.2) is 5.78 Å². The van der Waals surface area contributed by atoms with Crippen LogP contribution >= 0.6 is 0 Å². The largest absolute Gasteiger partial charge is 0.348 e. The zero-order chi connectivity index (χ0) is 19.2. The maximum Gasteiger partial charge on any atom is 0.253 e. The molecule has 2 aromatic carbocycles. The fourth-order valence-corrected chi connectivity index (χ4v) is 2.53. The van der Waals surface area contributed by atoms with Crippen molar-refractivity contribution in [3.05, 3.63) is 89.1 Å². The predicted octanol–water partition coefficient (Wildman–Crippen LogP) is 4.27. The second kappa shape index (κ2) is 8.27. The van der Waals surface area contributed by atoms with Gasteiger partial charge in [-0.05, 0) is 55.8 Å². The van der Waals surface area contributed by atoms with Crippen molar-refractivity contribution in [2.24, 2.45) is 0 Å². The first kappa shape index (κ1) is 18.3. The van der Waals surface area contributed by atoms with E-state index in [9.17, 15) is 9.59 Å². The molecule has 0 saturated carbocycles. The van der Waals surface area contributed by atoms with Gasteiger partial charge in [-0.3, -0.25) is 9.59 Å². The van der Waals surface area contributed by atoms with Crippen LogP contribution in [0.1, 0.15) is 38.8 Å². The SMILES string of the molecule is CC(=O)c1ccc(Nc2ccc(C(=O)NCc3ccc(C)cc3)cn2)cc1. The third-order valence-corrected chi connectivity index (χ3v) is 4.16. The number of carbonyl (C=O) groups is 2. The van der Waals surface area contributed by atoms with Gasteiger partial charge in [0.25, 0.3) is 5.91 Å². The molecule has 1 aromatic heterocycles. The van der Waals surface area contributed by atoms with Crippen LogP contribution in [0, 0.1) is 6.92 Å². The monoisotopic (exact) mass is 359 g/mol. The first-order valence-corrected chi connectivity index (χ1v) is 8.69. The van der Waals surface area contributed by atoms with E-state index >= 15 is 0 Å². The number of hydrogen-bond donors (Lipinski definition) is 2. The van der Waals surface area contributed by atoms with Crippen molar-refractivity contribution in [1.29, 1.82) is 0 Å². The van der Waals surface area contributed by atoms with Crippen molar-refractivity contribution in [2.75, 3.05) is 5.32 Å². The number of aryl methyl sites for hydroxylation is 1. The van der Waals surface area contributed by atoms with Crippen LogP contribution < -0.4 is 10.6 Å². The third-order valence-electron chi connectivity index (χ3n) is 4.16. The number of hydrogen-bond acceptors (Lipinski definition) is 4. The fraction of sp³-hybridized carbons (Fsp3) is 0.136. The minimum absolute atomic E-state index is 0.0284. The van der Waals surface area contributed by atoms with E-state index in [4.69, 9.17) is 0 Å². The lowest BCUT2D eigenvalue weighted by Gasteiger charge is -2.08. The molecule has 3 aromatic rings. The Morgan fingerprint density at radius 1 is 0.889 bits per heavy atom. The van der Waals surface area contributed by atoms with E-state index in [2.05, 4.69) is 15.6 Å². The normalized spacial score (nSPS) is 10.3. The molecular weight excluding hydrogens is 338 g/mol. The summed E-state index contributed by atoms with van der Waals surface area (Å²) in [6.45, 7) is 4.04. The van der Waals surface area contributed by atoms with Gasteiger partial charge in [0.05, 0.1) is 5.56 Å². The highest BCUT2D eigenvalue weighted by Crippen LogP contribution is 2.16. The van der Waals surface area contributed by atoms with E-state index in [-0.39, 0.29) is 11.7 Å². The van der Waals surface area contributed by atoms with Crippen LogP contribution in [0.3, 0.4) is 0 Å². The number of rotatable bonds is 6. The molecule has 5 heteroatoms. The van der Waals surface area contributed by atoms with Crippen molar-refractivity contribution in [2.45, 2.75) is 20.4 Å². The molecule has 0 bridgehead atoms. The van der Waals surface area contributed by atoms with Crippen LogP contribution in [0.5, 0.6) is 0 Å². The van der Waals surface area contributed by atoms with Crippen molar-refractivity contribution < 1.29 is 9.59 Å². The molecule has 0 aliphatic rings. The number of pyridine rings is 1. The second-order valence-electron chi connectivity index (χ2n) is 6.36. The standard InChI is InChI=1S/C22H21N3O2/c1-15-3-5-17(6-4-15)13-24-22(27)19-9-12-21(23-14-19)25-20-10-7-18(8-11-20)16(2)26/h3-12,14H,13H2,1-2H3,(H,23,25)(H,24,27). The Morgan fingerprint density at radius 3 is 2.15 bits per heavy atom. The number of benzene rings is 2. The molecule has 0 fully saturated rings. The maximum atomic E-state index is 12.3. The summed E-state index contributed by atoms with van der Waals surface area (Å²) in [5.41, 5.74) is 4.22. The van der Waals surface area contributed by atoms with Gasteiger partial charge in [0.2, 0.25) is 0 Å². The number of nitrogens with one attached hydrogen (secondary N) is 2. The summed E-state index contributed by atoms with van der Waals surface area (Å²) < 4.78 is 0. The van der Waals surface area contributed by atoms with Crippen LogP contribution in [-0.2, 0) is 6.54 Å². The highest BCUT2D eigenvalue weighted by Gasteiger charge is 2.06. The molecule has 1 amide bonds. The molecular formula is C22H21N3O2. The number of anilines is 2. The molecule has 0 radical (unpaired) electrons. The molecule has 3 rings (SSSR count). The van der Waals surface area contributed by atoms with Gasteiger partial charge in [-0.2, -0.15) is 0 Å². The zero-order valence-corrected chi connectivity index (χ0v) is 15.3. The quantitative estimate of drug-likeness (QED) is 0.645. The number of amides is 1. The van der Waals surface area contributed by atoms with Gasteiger partial charge < -0.3 is 10.6 Å². The molecule has 0 unspecified atom stereocenters. The van der Waals surface area contributed by atoms with E-state index in [0.717, 1.165) is 11.3 Å². The van der Waals surface area contributed by atoms with Gasteiger partial charge in [-0.1, -0.05) is 29.8 Å². The number of Topliss-reactive ketones (excluding diaryl/α,β-unsaturated/α-hetero) is 1. The van der Waals surface area contributed by atoms with E-state index in [0.29, 0.717) is 23.5 Å². The molecule has 136 valence electrons. The Labute approximate surface area is 158 Å². The Balaban J connectivity index is 1.58. The molecule has 1 heterocycles. The Hall–Kier alpha value is -3.47. The first-order valence-electron chi connectivity index (χ1n) is 8.69. The summed E-state index contributed by atoms with van der Waals surface area (Å²) in [7, 11) is 0. The lowest BCUT2D eigenvalue weighted by molar-refractivity contribution is 0.0949. The summed E-state index contributed by atoms with van der Waals surface area (Å²) in [5, 5.41) is 6.03. The Kier molecular flexibility index (Phi) is 5.61. The smallest absolute Gasteiger partial charge is 0.253 e. The van der Waals surface area contributed by atoms with Crippen molar-refractivity contribution in [1.82, 2.24) is 10.3 Å². The summed E-state index contributed by atoms with van der Waals surface area (Å²) in [4.78, 5) is 27.8. The highest BCUT2D eigenvalue weighted by molar-refractivity contribution is 5.94. The second-order valence-corrected chi connectivity index (χ2v) is 6.36. The van der Waals surface area contributed by atoms with Crippen molar-refractivity contribution in [3.63, 3.8) is 0 Å². The topological polar surface area (TPSA) is 71.1 Å². The molecule has 0 aliphatic heterocycles. The average Bonchev–Trinajstić information content (AvgIpc) is 2.68. The number of aromatic nitrogens is 1. The summed E-state index contributed by atoms with van der Waals surface area (Å²) in [6.07, 6.45) is 1.54. The number of ketones is 1. The maximum absolute atomic E-state index is 12.3. The zero-order valence-electron chi connectivity index (χ0n) is 15.3. The van der Waals surface area contributed by atoms with Crippen LogP contribution in [0.15, 0.2) is 66.9 Å². The van der Waals surface area contributed by atoms with E-state index in [1.165, 1.54) is 18.7 Å². The number of nitrogens with zero attached hydrogens (tertiary/aromatic N) is 1. The molecule has 2 N–H and O–H groups in total. The molecule has 0 spiro atoms. The molecule has 0 atom stereocenters. The van der Waals surface area contributed by atoms with Gasteiger partial charge in [0.1, 0.15) is 5.82 Å². The molecule has 27 heavy (non-hydrogen) atoms. The van der Waals surface area contributed by atoms with Crippen LogP contribution in [-0.4, -0.2) is 16.7 Å². The minimum Gasteiger partial charge on any atom is -0.348 e. The van der Waals surface area contributed by atoms with Gasteiger partial charge >= 0.3 is 0 Å². The van der Waals surface area contributed by atoms with Crippen LogP contribution in [0.2, 0.25) is 0 Å². The van der Waals surface area contributed by atoms with E-state index in [1.54, 1.807) is 24.3 Å². The van der Waals surface area contributed by atoms with Crippen LogP contribution in [0.4, 0.5) is 11.5 Å². The predicted molar refractivity (Wildman–Crippen MR) is 106 cm³/mol. The highest BCUT2D eigenvalue weighted by atomic mass is 16.1. The summed E-state index contributed by atoms with van der Waals surface area (Å²) in [5.74, 6) is 0.488. The van der Waals surface area contributed by atoms with E-state index < -0.39 is 0 Å². The summed E-state index contributed by atoms with van der Waals surface area (Å²) >= 11 is 0. The fourth-order valence-electron chi connectivity index (χ4n) is 2.53. The van der Waals surface area contributed by atoms with Gasteiger partial charge in [0, 0.05) is 24.0 Å². The van der Waals surface area contributed by atoms with Crippen molar-refractivity contribution in [3.8, 4) is 0 Å². The average molecular weight is 359 g/mol. The Morgan fingerprint density at radius 2 is 1.56 bits per heavy atom. The van der Waals surface area contributed by atoms with Gasteiger partial charge in [-0.15, -0.1) is 0 Å². The summed E-state index contributed by atoms with van der Waals surface area (Å²) in [6, 6.07) is 18.7. The molecule has 0 aliphatic carbocycles. The Bertz CT molecular complexity index is 931. The molecule has 5 nitrogen and oxygen atoms in total. The number of carbonyl (C=O) groups excluding carboxylic acids is 2. The van der Waals surface area contributed by atoms with Gasteiger partial charge in [-0.25, -0.2) is 4.98 Å². The molecule has 0 saturated heterocycles. The lowest BCUT2D eigenvalue weighted by atomic mass is 10.1. The lowest BCUT2D eigenvalue weighted by Crippen LogP contribution is -2.22. The van der Waals surface area contributed by atoms with E-state index in [1.807, 2.05) is 43.3 Å². The van der Waals surface area contributed by atoms with Crippen molar-refractivity contribution >= 4 is 23.2 Å². The first-order chi connectivity index (χ1) is 13.0. The van der Waals surface area contributed by atoms with Crippen LogP contribution in [0.25, 0.3) is 0 Å². The minimum atomic E-state index is -0.166.